The molecule has 0 saturated heterocycles. The van der Waals surface area contributed by atoms with E-state index in [0.717, 1.165) is 31.3 Å². The van der Waals surface area contributed by atoms with E-state index >= 15 is 0 Å². The predicted molar refractivity (Wildman–Crippen MR) is 86.9 cm³/mol. The number of carbonyl (C=O) groups excluding carboxylic acids is 1. The van der Waals surface area contributed by atoms with Gasteiger partial charge in [0.05, 0.1) is 0 Å². The Balaban J connectivity index is 1.79. The van der Waals surface area contributed by atoms with Crippen molar-refractivity contribution in [3.63, 3.8) is 0 Å². The first kappa shape index (κ1) is 14.0. The third-order valence-corrected chi connectivity index (χ3v) is 6.19. The zero-order chi connectivity index (χ0) is 15.5. The number of rotatable bonds is 1. The molecule has 3 aliphatic rings. The van der Waals surface area contributed by atoms with Crippen LogP contribution in [0.15, 0.2) is 29.3 Å². The lowest BCUT2D eigenvalue weighted by molar-refractivity contribution is -0.136. The van der Waals surface area contributed by atoms with Crippen LogP contribution in [0.25, 0.3) is 0 Å². The quantitative estimate of drug-likeness (QED) is 0.723. The summed E-state index contributed by atoms with van der Waals surface area (Å²) in [6, 6.07) is 7.08. The van der Waals surface area contributed by atoms with Crippen molar-refractivity contribution in [1.29, 1.82) is 0 Å². The fraction of sp³-hybridized carbons (Fsp3) is 0.550. The molecule has 2 aliphatic carbocycles. The number of esters is 1. The van der Waals surface area contributed by atoms with Crippen LogP contribution in [0.5, 0.6) is 0 Å². The monoisotopic (exact) mass is 296 g/mol. The van der Waals surface area contributed by atoms with Crippen molar-refractivity contribution in [3.05, 3.63) is 46.0 Å². The van der Waals surface area contributed by atoms with E-state index in [0.29, 0.717) is 18.4 Å². The summed E-state index contributed by atoms with van der Waals surface area (Å²) in [7, 11) is 0. The maximum Gasteiger partial charge on any atom is 0.334 e. The molecule has 1 aliphatic heterocycles. The number of fused-ring (bicyclic) bond motifs is 4. The summed E-state index contributed by atoms with van der Waals surface area (Å²) in [6.45, 7) is 7.45. The molecule has 0 N–H and O–H groups in total. The number of hydrogen-bond acceptors (Lipinski definition) is 2. The van der Waals surface area contributed by atoms with Gasteiger partial charge in [0.2, 0.25) is 0 Å². The average Bonchev–Trinajstić information content (AvgIpc) is 2.87. The summed E-state index contributed by atoms with van der Waals surface area (Å²) in [5, 5.41) is 0. The first-order valence-electron chi connectivity index (χ1n) is 8.53. The second-order valence-corrected chi connectivity index (χ2v) is 7.66. The molecule has 2 unspecified atom stereocenters. The molecule has 0 bridgehead atoms. The second kappa shape index (κ2) is 4.71. The van der Waals surface area contributed by atoms with Gasteiger partial charge in [-0.05, 0) is 65.2 Å². The fourth-order valence-corrected chi connectivity index (χ4v) is 4.82. The molecular weight excluding hydrogens is 272 g/mol. The highest BCUT2D eigenvalue weighted by Crippen LogP contribution is 2.53. The molecule has 0 spiro atoms. The molecule has 4 rings (SSSR count). The summed E-state index contributed by atoms with van der Waals surface area (Å²) in [5.74, 6) is 1.01. The van der Waals surface area contributed by atoms with Crippen molar-refractivity contribution in [2.45, 2.75) is 57.8 Å². The van der Waals surface area contributed by atoms with E-state index < -0.39 is 0 Å². The Morgan fingerprint density at radius 1 is 1.27 bits per heavy atom. The van der Waals surface area contributed by atoms with Crippen molar-refractivity contribution in [2.75, 3.05) is 6.61 Å². The SMILES string of the molecule is CC(C)c1ccc2c(c1)CCC1C3=C(CCC21C)C(=O)OC3. The van der Waals surface area contributed by atoms with Gasteiger partial charge in [-0.2, -0.15) is 0 Å². The molecule has 116 valence electrons. The molecule has 22 heavy (non-hydrogen) atoms. The summed E-state index contributed by atoms with van der Waals surface area (Å²) < 4.78 is 5.32. The van der Waals surface area contributed by atoms with Crippen LogP contribution in [-0.2, 0) is 21.4 Å². The Morgan fingerprint density at radius 3 is 2.86 bits per heavy atom. The van der Waals surface area contributed by atoms with Crippen molar-refractivity contribution in [2.24, 2.45) is 5.92 Å². The molecule has 0 saturated carbocycles. The van der Waals surface area contributed by atoms with Crippen LogP contribution in [0.1, 0.15) is 62.6 Å². The van der Waals surface area contributed by atoms with Gasteiger partial charge in [0, 0.05) is 5.57 Å². The van der Waals surface area contributed by atoms with Gasteiger partial charge in [-0.3, -0.25) is 0 Å². The highest BCUT2D eigenvalue weighted by atomic mass is 16.5. The second-order valence-electron chi connectivity index (χ2n) is 7.66. The fourth-order valence-electron chi connectivity index (χ4n) is 4.82. The normalized spacial score (nSPS) is 30.0. The molecule has 1 aromatic carbocycles. The van der Waals surface area contributed by atoms with Gasteiger partial charge in [-0.1, -0.05) is 39.0 Å². The van der Waals surface area contributed by atoms with Gasteiger partial charge in [-0.15, -0.1) is 0 Å². The third kappa shape index (κ3) is 1.82. The molecule has 1 heterocycles. The number of aryl methyl sites for hydroxylation is 1. The molecule has 2 nitrogen and oxygen atoms in total. The van der Waals surface area contributed by atoms with E-state index in [9.17, 15) is 4.79 Å². The minimum Gasteiger partial charge on any atom is -0.458 e. The Morgan fingerprint density at radius 2 is 2.09 bits per heavy atom. The van der Waals surface area contributed by atoms with E-state index in [2.05, 4.69) is 39.0 Å². The van der Waals surface area contributed by atoms with E-state index in [-0.39, 0.29) is 11.4 Å². The van der Waals surface area contributed by atoms with Crippen LogP contribution >= 0.6 is 0 Å². The number of hydrogen-bond donors (Lipinski definition) is 0. The Kier molecular flexibility index (Phi) is 3.01. The van der Waals surface area contributed by atoms with E-state index in [4.69, 9.17) is 4.74 Å². The summed E-state index contributed by atoms with van der Waals surface area (Å²) >= 11 is 0. The lowest BCUT2D eigenvalue weighted by atomic mass is 9.57. The maximum absolute atomic E-state index is 11.9. The highest BCUT2D eigenvalue weighted by molar-refractivity contribution is 5.92. The van der Waals surface area contributed by atoms with Gasteiger partial charge in [0.25, 0.3) is 0 Å². The molecular formula is C20H24O2. The predicted octanol–water partition coefficient (Wildman–Crippen LogP) is 4.28. The lowest BCUT2D eigenvalue weighted by Crippen LogP contribution is -2.41. The van der Waals surface area contributed by atoms with Crippen LogP contribution in [0.3, 0.4) is 0 Å². The Hall–Kier alpha value is -1.57. The summed E-state index contributed by atoms with van der Waals surface area (Å²) in [6.07, 6.45) is 4.23. The topological polar surface area (TPSA) is 26.3 Å². The number of ether oxygens (including phenoxy) is 1. The van der Waals surface area contributed by atoms with Crippen LogP contribution < -0.4 is 0 Å². The summed E-state index contributed by atoms with van der Waals surface area (Å²) in [5.41, 5.74) is 6.95. The zero-order valence-corrected chi connectivity index (χ0v) is 13.7. The molecule has 2 atom stereocenters. The first-order valence-corrected chi connectivity index (χ1v) is 8.53. The smallest absolute Gasteiger partial charge is 0.334 e. The standard InChI is InChI=1S/C20H24O2/c1-12(2)13-4-6-17-14(10-13)5-7-18-16-11-22-19(21)15(16)8-9-20(17,18)3/h4,6,10,12,18H,5,7-9,11H2,1-3H3. The third-order valence-electron chi connectivity index (χ3n) is 6.19. The van der Waals surface area contributed by atoms with Crippen LogP contribution in [-0.4, -0.2) is 12.6 Å². The van der Waals surface area contributed by atoms with E-state index in [1.165, 1.54) is 22.3 Å². The summed E-state index contributed by atoms with van der Waals surface area (Å²) in [4.78, 5) is 11.9. The minimum atomic E-state index is -0.0574. The van der Waals surface area contributed by atoms with Crippen molar-refractivity contribution >= 4 is 5.97 Å². The van der Waals surface area contributed by atoms with Gasteiger partial charge in [0.15, 0.2) is 0 Å². The zero-order valence-electron chi connectivity index (χ0n) is 13.7. The Bertz CT molecular complexity index is 683. The molecule has 0 radical (unpaired) electrons. The number of benzene rings is 1. The lowest BCUT2D eigenvalue weighted by Gasteiger charge is -2.46. The number of cyclic esters (lactones) is 1. The van der Waals surface area contributed by atoms with E-state index in [1.54, 1.807) is 0 Å². The van der Waals surface area contributed by atoms with Gasteiger partial charge in [0.1, 0.15) is 6.61 Å². The molecule has 0 aromatic heterocycles. The Labute approximate surface area is 132 Å². The van der Waals surface area contributed by atoms with Gasteiger partial charge in [-0.25, -0.2) is 4.79 Å². The van der Waals surface area contributed by atoms with Crippen molar-refractivity contribution in [1.82, 2.24) is 0 Å². The van der Waals surface area contributed by atoms with Crippen LogP contribution in [0, 0.1) is 5.92 Å². The average molecular weight is 296 g/mol. The molecule has 2 heteroatoms. The van der Waals surface area contributed by atoms with Crippen molar-refractivity contribution in [3.8, 4) is 0 Å². The van der Waals surface area contributed by atoms with Crippen molar-refractivity contribution < 1.29 is 9.53 Å². The van der Waals surface area contributed by atoms with Gasteiger partial charge >= 0.3 is 5.97 Å². The molecule has 0 amide bonds. The van der Waals surface area contributed by atoms with Gasteiger partial charge < -0.3 is 4.74 Å². The largest absolute Gasteiger partial charge is 0.458 e. The van der Waals surface area contributed by atoms with Crippen LogP contribution in [0.4, 0.5) is 0 Å². The highest BCUT2D eigenvalue weighted by Gasteiger charge is 2.48. The molecule has 1 aromatic rings. The first-order chi connectivity index (χ1) is 10.5. The minimum absolute atomic E-state index is 0.0574. The number of carbonyl (C=O) groups is 1. The maximum atomic E-state index is 11.9. The van der Waals surface area contributed by atoms with Crippen LogP contribution in [0.2, 0.25) is 0 Å². The van der Waals surface area contributed by atoms with E-state index in [1.807, 2.05) is 0 Å². The molecule has 0 fully saturated rings.